The van der Waals surface area contributed by atoms with Gasteiger partial charge in [0.1, 0.15) is 0 Å². The van der Waals surface area contributed by atoms with Crippen LogP contribution in [-0.4, -0.2) is 61.7 Å². The summed E-state index contributed by atoms with van der Waals surface area (Å²) in [7, 11) is 2.27. The molecule has 0 amide bonds. The van der Waals surface area contributed by atoms with E-state index < -0.39 is 0 Å². The lowest BCUT2D eigenvalue weighted by molar-refractivity contribution is 0.0964. The van der Waals surface area contributed by atoms with Crippen molar-refractivity contribution in [3.05, 3.63) is 0 Å². The summed E-state index contributed by atoms with van der Waals surface area (Å²) < 4.78 is 0. The van der Waals surface area contributed by atoms with Gasteiger partial charge in [0.05, 0.1) is 0 Å². The van der Waals surface area contributed by atoms with E-state index in [1.54, 1.807) is 0 Å². The highest BCUT2D eigenvalue weighted by molar-refractivity contribution is 4.86. The molecule has 1 aliphatic rings. The van der Waals surface area contributed by atoms with Gasteiger partial charge in [0.25, 0.3) is 0 Å². The monoisotopic (exact) mass is 283 g/mol. The number of nitrogens with zero attached hydrogens (tertiary/aromatic N) is 2. The standard InChI is InChI=1S/C17H37N3/c1-7-16-13-19(6)9-8-10-20(16)17(15(4)5)12-18-11-14(2)3/h14-18H,7-13H2,1-6H3. The van der Waals surface area contributed by atoms with Crippen LogP contribution in [0.4, 0.5) is 0 Å². The zero-order valence-electron chi connectivity index (χ0n) is 14.7. The van der Waals surface area contributed by atoms with Crippen molar-refractivity contribution >= 4 is 0 Å². The largest absolute Gasteiger partial charge is 0.315 e. The molecule has 1 N–H and O–H groups in total. The van der Waals surface area contributed by atoms with Gasteiger partial charge in [-0.05, 0) is 44.8 Å². The predicted molar refractivity (Wildman–Crippen MR) is 89.2 cm³/mol. The first-order valence-corrected chi connectivity index (χ1v) is 8.60. The van der Waals surface area contributed by atoms with Crippen LogP contribution in [0.1, 0.15) is 47.5 Å². The Morgan fingerprint density at radius 1 is 1.10 bits per heavy atom. The maximum Gasteiger partial charge on any atom is 0.0247 e. The SMILES string of the molecule is CCC1CN(C)CCCN1C(CNCC(C)C)C(C)C. The van der Waals surface area contributed by atoms with Crippen molar-refractivity contribution in [2.75, 3.05) is 39.8 Å². The lowest BCUT2D eigenvalue weighted by Gasteiger charge is -2.39. The quantitative estimate of drug-likeness (QED) is 0.775. The van der Waals surface area contributed by atoms with E-state index in [4.69, 9.17) is 0 Å². The Morgan fingerprint density at radius 2 is 1.80 bits per heavy atom. The molecule has 20 heavy (non-hydrogen) atoms. The summed E-state index contributed by atoms with van der Waals surface area (Å²) in [5.41, 5.74) is 0. The highest BCUT2D eigenvalue weighted by atomic mass is 15.3. The van der Waals surface area contributed by atoms with Crippen LogP contribution < -0.4 is 5.32 Å². The molecule has 1 fully saturated rings. The molecule has 0 saturated carbocycles. The average molecular weight is 284 g/mol. The number of rotatable bonds is 7. The van der Waals surface area contributed by atoms with Crippen molar-refractivity contribution < 1.29 is 0 Å². The van der Waals surface area contributed by atoms with Crippen LogP contribution in [0, 0.1) is 11.8 Å². The van der Waals surface area contributed by atoms with Gasteiger partial charge in [-0.2, -0.15) is 0 Å². The Bertz CT molecular complexity index is 253. The molecule has 3 heteroatoms. The van der Waals surface area contributed by atoms with Crippen molar-refractivity contribution in [2.45, 2.75) is 59.5 Å². The van der Waals surface area contributed by atoms with E-state index in [1.807, 2.05) is 0 Å². The fourth-order valence-corrected chi connectivity index (χ4v) is 3.32. The Labute approximate surface area is 127 Å². The summed E-state index contributed by atoms with van der Waals surface area (Å²) >= 11 is 0. The van der Waals surface area contributed by atoms with E-state index >= 15 is 0 Å². The highest BCUT2D eigenvalue weighted by Crippen LogP contribution is 2.19. The minimum absolute atomic E-state index is 0.671. The van der Waals surface area contributed by atoms with Gasteiger partial charge in [0.15, 0.2) is 0 Å². The molecule has 120 valence electrons. The van der Waals surface area contributed by atoms with Crippen LogP contribution in [0.25, 0.3) is 0 Å². The molecule has 0 aliphatic carbocycles. The molecular formula is C17H37N3. The number of nitrogens with one attached hydrogen (secondary N) is 1. The van der Waals surface area contributed by atoms with Gasteiger partial charge in [0.2, 0.25) is 0 Å². The average Bonchev–Trinajstić information content (AvgIpc) is 2.55. The molecule has 1 aliphatic heterocycles. The summed E-state index contributed by atoms with van der Waals surface area (Å²) in [6.07, 6.45) is 2.57. The Morgan fingerprint density at radius 3 is 2.35 bits per heavy atom. The van der Waals surface area contributed by atoms with E-state index in [2.05, 4.69) is 56.8 Å². The molecule has 0 aromatic heterocycles. The van der Waals surface area contributed by atoms with Crippen LogP contribution >= 0.6 is 0 Å². The van der Waals surface area contributed by atoms with Crippen molar-refractivity contribution in [3.63, 3.8) is 0 Å². The molecule has 3 nitrogen and oxygen atoms in total. The first-order valence-electron chi connectivity index (χ1n) is 8.60. The van der Waals surface area contributed by atoms with Crippen LogP contribution in [0.3, 0.4) is 0 Å². The topological polar surface area (TPSA) is 18.5 Å². The van der Waals surface area contributed by atoms with Crippen molar-refractivity contribution in [1.29, 1.82) is 0 Å². The summed E-state index contributed by atoms with van der Waals surface area (Å²) in [6.45, 7) is 17.7. The lowest BCUT2D eigenvalue weighted by Crippen LogP contribution is -2.52. The van der Waals surface area contributed by atoms with Gasteiger partial charge in [-0.1, -0.05) is 34.6 Å². The van der Waals surface area contributed by atoms with Crippen LogP contribution in [0.5, 0.6) is 0 Å². The predicted octanol–water partition coefficient (Wildman–Crippen LogP) is 2.67. The molecule has 2 unspecified atom stereocenters. The van der Waals surface area contributed by atoms with Crippen LogP contribution in [0.15, 0.2) is 0 Å². The van der Waals surface area contributed by atoms with Crippen molar-refractivity contribution in [2.24, 2.45) is 11.8 Å². The van der Waals surface area contributed by atoms with Crippen LogP contribution in [0.2, 0.25) is 0 Å². The lowest BCUT2D eigenvalue weighted by atomic mass is 9.99. The molecule has 0 bridgehead atoms. The van der Waals surface area contributed by atoms with Gasteiger partial charge < -0.3 is 10.2 Å². The van der Waals surface area contributed by atoms with Gasteiger partial charge >= 0.3 is 0 Å². The fourth-order valence-electron chi connectivity index (χ4n) is 3.32. The van der Waals surface area contributed by atoms with E-state index in [1.165, 1.54) is 32.5 Å². The first kappa shape index (κ1) is 17.9. The molecule has 0 spiro atoms. The van der Waals surface area contributed by atoms with Gasteiger partial charge in [-0.3, -0.25) is 4.90 Å². The summed E-state index contributed by atoms with van der Waals surface area (Å²) in [6, 6.07) is 1.39. The van der Waals surface area contributed by atoms with Crippen molar-refractivity contribution in [1.82, 2.24) is 15.1 Å². The zero-order chi connectivity index (χ0) is 15.1. The Kier molecular flexibility index (Phi) is 8.08. The van der Waals surface area contributed by atoms with E-state index in [-0.39, 0.29) is 0 Å². The summed E-state index contributed by atoms with van der Waals surface area (Å²) in [5.74, 6) is 1.45. The van der Waals surface area contributed by atoms with E-state index in [0.29, 0.717) is 12.0 Å². The smallest absolute Gasteiger partial charge is 0.0247 e. The second-order valence-corrected chi connectivity index (χ2v) is 7.28. The third-order valence-electron chi connectivity index (χ3n) is 4.52. The highest BCUT2D eigenvalue weighted by Gasteiger charge is 2.29. The minimum atomic E-state index is 0.671. The molecule has 1 rings (SSSR count). The summed E-state index contributed by atoms with van der Waals surface area (Å²) in [5, 5.41) is 3.68. The van der Waals surface area contributed by atoms with Gasteiger partial charge in [-0.25, -0.2) is 0 Å². The minimum Gasteiger partial charge on any atom is -0.315 e. The fraction of sp³-hybridized carbons (Fsp3) is 1.00. The van der Waals surface area contributed by atoms with E-state index in [0.717, 1.165) is 25.0 Å². The summed E-state index contributed by atoms with van der Waals surface area (Å²) in [4.78, 5) is 5.30. The molecule has 0 radical (unpaired) electrons. The molecule has 0 aromatic carbocycles. The third kappa shape index (κ3) is 5.71. The number of hydrogen-bond donors (Lipinski definition) is 1. The molecule has 2 atom stereocenters. The maximum atomic E-state index is 3.68. The third-order valence-corrected chi connectivity index (χ3v) is 4.52. The Balaban J connectivity index is 2.66. The first-order chi connectivity index (χ1) is 9.45. The van der Waals surface area contributed by atoms with Gasteiger partial charge in [-0.15, -0.1) is 0 Å². The van der Waals surface area contributed by atoms with Crippen LogP contribution in [-0.2, 0) is 0 Å². The molecule has 0 aromatic rings. The van der Waals surface area contributed by atoms with Crippen molar-refractivity contribution in [3.8, 4) is 0 Å². The second-order valence-electron chi connectivity index (χ2n) is 7.28. The molecule has 1 saturated heterocycles. The molecule has 1 heterocycles. The maximum absolute atomic E-state index is 3.68. The van der Waals surface area contributed by atoms with Gasteiger partial charge in [0, 0.05) is 31.7 Å². The Hall–Kier alpha value is -0.120. The second kappa shape index (κ2) is 9.01. The molecular weight excluding hydrogens is 246 g/mol. The van der Waals surface area contributed by atoms with E-state index in [9.17, 15) is 0 Å². The number of hydrogen-bond acceptors (Lipinski definition) is 3. The number of likely N-dealkylation sites (N-methyl/N-ethyl adjacent to an activating group) is 1. The zero-order valence-corrected chi connectivity index (χ0v) is 14.7. The normalized spacial score (nSPS) is 24.3.